The van der Waals surface area contributed by atoms with Crippen molar-refractivity contribution < 1.29 is 18.7 Å². The van der Waals surface area contributed by atoms with Crippen molar-refractivity contribution in [2.75, 3.05) is 24.9 Å². The van der Waals surface area contributed by atoms with E-state index in [1.165, 1.54) is 11.8 Å². The molecule has 0 unspecified atom stereocenters. The summed E-state index contributed by atoms with van der Waals surface area (Å²) in [5, 5.41) is 10.5. The van der Waals surface area contributed by atoms with Gasteiger partial charge in [0.15, 0.2) is 0 Å². The van der Waals surface area contributed by atoms with Gasteiger partial charge < -0.3 is 18.8 Å². The number of amides is 1. The standard InChI is InChI=1S/C23H21N3O4S2/c1-28-18-9-5-16(6-10-18)22-24-25-23(30-22)32-15-21(27)26(14-20-4-3-13-31-20)17-7-11-19(29-2)12-8-17/h3-13H,14-15H2,1-2H3. The maximum Gasteiger partial charge on any atom is 0.277 e. The second-order valence-electron chi connectivity index (χ2n) is 6.65. The predicted molar refractivity (Wildman–Crippen MR) is 126 cm³/mol. The first-order valence-electron chi connectivity index (χ1n) is 9.74. The van der Waals surface area contributed by atoms with Gasteiger partial charge in [0.05, 0.1) is 26.5 Å². The van der Waals surface area contributed by atoms with Crippen LogP contribution in [-0.4, -0.2) is 36.1 Å². The molecule has 0 saturated heterocycles. The van der Waals surface area contributed by atoms with E-state index in [1.807, 2.05) is 66.0 Å². The molecule has 0 spiro atoms. The van der Waals surface area contributed by atoms with Crippen molar-refractivity contribution in [3.05, 3.63) is 70.9 Å². The Morgan fingerprint density at radius 2 is 1.69 bits per heavy atom. The monoisotopic (exact) mass is 467 g/mol. The van der Waals surface area contributed by atoms with Crippen molar-refractivity contribution in [3.8, 4) is 23.0 Å². The van der Waals surface area contributed by atoms with Gasteiger partial charge >= 0.3 is 0 Å². The summed E-state index contributed by atoms with van der Waals surface area (Å²) in [5.74, 6) is 1.99. The fourth-order valence-electron chi connectivity index (χ4n) is 2.96. The molecule has 0 radical (unpaired) electrons. The number of aromatic nitrogens is 2. The van der Waals surface area contributed by atoms with Gasteiger partial charge in [-0.2, -0.15) is 0 Å². The summed E-state index contributed by atoms with van der Waals surface area (Å²) in [6, 6.07) is 18.8. The van der Waals surface area contributed by atoms with Crippen LogP contribution >= 0.6 is 23.1 Å². The normalized spacial score (nSPS) is 10.7. The first-order chi connectivity index (χ1) is 15.7. The number of methoxy groups -OCH3 is 2. The van der Waals surface area contributed by atoms with Crippen LogP contribution in [-0.2, 0) is 11.3 Å². The smallest absolute Gasteiger partial charge is 0.277 e. The highest BCUT2D eigenvalue weighted by molar-refractivity contribution is 7.99. The van der Waals surface area contributed by atoms with E-state index in [9.17, 15) is 4.79 Å². The molecule has 0 aliphatic carbocycles. The van der Waals surface area contributed by atoms with E-state index < -0.39 is 0 Å². The first-order valence-corrected chi connectivity index (χ1v) is 11.6. The third-order valence-corrected chi connectivity index (χ3v) is 6.31. The SMILES string of the molecule is COc1ccc(-c2nnc(SCC(=O)N(Cc3cccs3)c3ccc(OC)cc3)o2)cc1. The number of rotatable bonds is 9. The number of anilines is 1. The Morgan fingerprint density at radius 3 is 2.31 bits per heavy atom. The van der Waals surface area contributed by atoms with Gasteiger partial charge in [0.1, 0.15) is 11.5 Å². The van der Waals surface area contributed by atoms with E-state index in [0.717, 1.165) is 27.6 Å². The molecule has 32 heavy (non-hydrogen) atoms. The number of carbonyl (C=O) groups excluding carboxylic acids is 1. The van der Waals surface area contributed by atoms with Crippen molar-refractivity contribution >= 4 is 34.7 Å². The first kappa shape index (κ1) is 21.9. The highest BCUT2D eigenvalue weighted by atomic mass is 32.2. The molecule has 0 N–H and O–H groups in total. The van der Waals surface area contributed by atoms with Crippen molar-refractivity contribution in [1.82, 2.24) is 10.2 Å². The Balaban J connectivity index is 1.45. The molecule has 4 rings (SSSR count). The average Bonchev–Trinajstić information content (AvgIpc) is 3.53. The zero-order chi connectivity index (χ0) is 22.3. The number of benzene rings is 2. The second kappa shape index (κ2) is 10.3. The molecule has 2 aromatic carbocycles. The molecular weight excluding hydrogens is 446 g/mol. The van der Waals surface area contributed by atoms with Crippen LogP contribution in [0.5, 0.6) is 11.5 Å². The van der Waals surface area contributed by atoms with E-state index in [0.29, 0.717) is 17.7 Å². The summed E-state index contributed by atoms with van der Waals surface area (Å²) in [6.07, 6.45) is 0. The molecule has 0 bridgehead atoms. The third-order valence-electron chi connectivity index (χ3n) is 4.64. The molecule has 0 fully saturated rings. The summed E-state index contributed by atoms with van der Waals surface area (Å²) < 4.78 is 16.1. The molecule has 0 aliphatic rings. The number of carbonyl (C=O) groups is 1. The third kappa shape index (κ3) is 5.30. The largest absolute Gasteiger partial charge is 0.497 e. The van der Waals surface area contributed by atoms with Crippen LogP contribution in [0.2, 0.25) is 0 Å². The lowest BCUT2D eigenvalue weighted by molar-refractivity contribution is -0.116. The van der Waals surface area contributed by atoms with E-state index >= 15 is 0 Å². The number of hydrogen-bond acceptors (Lipinski definition) is 8. The van der Waals surface area contributed by atoms with Crippen LogP contribution in [0.1, 0.15) is 4.88 Å². The summed E-state index contributed by atoms with van der Waals surface area (Å²) >= 11 is 2.83. The van der Waals surface area contributed by atoms with E-state index in [1.54, 1.807) is 30.5 Å². The number of nitrogens with zero attached hydrogens (tertiary/aromatic N) is 3. The van der Waals surface area contributed by atoms with Gasteiger partial charge in [0, 0.05) is 16.1 Å². The minimum atomic E-state index is -0.0576. The van der Waals surface area contributed by atoms with Crippen molar-refractivity contribution in [1.29, 1.82) is 0 Å². The lowest BCUT2D eigenvalue weighted by atomic mass is 10.2. The molecule has 9 heteroatoms. The molecule has 0 saturated carbocycles. The van der Waals surface area contributed by atoms with Crippen LogP contribution in [0.4, 0.5) is 5.69 Å². The molecule has 7 nitrogen and oxygen atoms in total. The Labute approximate surface area is 194 Å². The van der Waals surface area contributed by atoms with E-state index in [2.05, 4.69) is 10.2 Å². The molecule has 4 aromatic rings. The number of ether oxygens (including phenoxy) is 2. The molecule has 164 valence electrons. The van der Waals surface area contributed by atoms with Crippen molar-refractivity contribution in [3.63, 3.8) is 0 Å². The van der Waals surface area contributed by atoms with Gasteiger partial charge in [-0.3, -0.25) is 4.79 Å². The molecule has 0 aliphatic heterocycles. The Bertz CT molecular complexity index is 1140. The van der Waals surface area contributed by atoms with Gasteiger partial charge in [0.25, 0.3) is 5.22 Å². The maximum atomic E-state index is 13.1. The van der Waals surface area contributed by atoms with Crippen LogP contribution in [0.3, 0.4) is 0 Å². The fourth-order valence-corrected chi connectivity index (χ4v) is 4.30. The Morgan fingerprint density at radius 1 is 1.00 bits per heavy atom. The minimum Gasteiger partial charge on any atom is -0.497 e. The zero-order valence-electron chi connectivity index (χ0n) is 17.6. The van der Waals surface area contributed by atoms with Crippen LogP contribution in [0.15, 0.2) is 75.7 Å². The summed E-state index contributed by atoms with van der Waals surface area (Å²) in [4.78, 5) is 16.0. The Hall–Kier alpha value is -3.30. The number of hydrogen-bond donors (Lipinski definition) is 0. The highest BCUT2D eigenvalue weighted by Gasteiger charge is 2.19. The van der Waals surface area contributed by atoms with E-state index in [4.69, 9.17) is 13.9 Å². The quantitative estimate of drug-likeness (QED) is 0.315. The predicted octanol–water partition coefficient (Wildman–Crippen LogP) is 5.14. The number of thiophene rings is 1. The van der Waals surface area contributed by atoms with E-state index in [-0.39, 0.29) is 11.7 Å². The molecule has 0 atom stereocenters. The molecular formula is C23H21N3O4S2. The lowest BCUT2D eigenvalue weighted by Gasteiger charge is -2.22. The molecule has 2 heterocycles. The van der Waals surface area contributed by atoms with Crippen LogP contribution in [0.25, 0.3) is 11.5 Å². The summed E-state index contributed by atoms with van der Waals surface area (Å²) in [7, 11) is 3.23. The van der Waals surface area contributed by atoms with Crippen molar-refractivity contribution in [2.24, 2.45) is 0 Å². The van der Waals surface area contributed by atoms with Gasteiger partial charge in [-0.05, 0) is 60.0 Å². The topological polar surface area (TPSA) is 77.7 Å². The summed E-state index contributed by atoms with van der Waals surface area (Å²) in [5.41, 5.74) is 1.59. The van der Waals surface area contributed by atoms with Crippen LogP contribution in [0, 0.1) is 0 Å². The van der Waals surface area contributed by atoms with Gasteiger partial charge in [0.2, 0.25) is 11.8 Å². The van der Waals surface area contributed by atoms with Gasteiger partial charge in [-0.1, -0.05) is 17.8 Å². The maximum absolute atomic E-state index is 13.1. The van der Waals surface area contributed by atoms with Crippen LogP contribution < -0.4 is 14.4 Å². The molecule has 1 amide bonds. The van der Waals surface area contributed by atoms with Gasteiger partial charge in [-0.15, -0.1) is 21.5 Å². The van der Waals surface area contributed by atoms with Crippen molar-refractivity contribution in [2.45, 2.75) is 11.8 Å². The minimum absolute atomic E-state index is 0.0576. The second-order valence-corrected chi connectivity index (χ2v) is 8.61. The Kier molecular flexibility index (Phi) is 7.08. The lowest BCUT2D eigenvalue weighted by Crippen LogP contribution is -2.31. The number of thioether (sulfide) groups is 1. The highest BCUT2D eigenvalue weighted by Crippen LogP contribution is 2.27. The zero-order valence-corrected chi connectivity index (χ0v) is 19.2. The molecule has 2 aromatic heterocycles. The fraction of sp³-hybridized carbons (Fsp3) is 0.174. The summed E-state index contributed by atoms with van der Waals surface area (Å²) in [6.45, 7) is 0.490. The average molecular weight is 468 g/mol. The van der Waals surface area contributed by atoms with Gasteiger partial charge in [-0.25, -0.2) is 0 Å².